The number of carbonyl (C=O) groups excluding carboxylic acids is 1. The highest BCUT2D eigenvalue weighted by atomic mass is 19.1. The van der Waals surface area contributed by atoms with Gasteiger partial charge in [0.05, 0.1) is 11.6 Å². The third-order valence-corrected chi connectivity index (χ3v) is 6.37. The number of pyridine rings is 1. The van der Waals surface area contributed by atoms with Crippen molar-refractivity contribution in [2.75, 3.05) is 5.32 Å². The van der Waals surface area contributed by atoms with Crippen LogP contribution in [-0.2, 0) is 4.79 Å². The average Bonchev–Trinajstić information content (AvgIpc) is 2.79. The van der Waals surface area contributed by atoms with Crippen LogP contribution in [0.4, 0.5) is 10.1 Å². The molecule has 4 rings (SSSR count). The predicted octanol–water partition coefficient (Wildman–Crippen LogP) is 5.79. The Balaban J connectivity index is 1.40. The third kappa shape index (κ3) is 4.04. The van der Waals surface area contributed by atoms with E-state index in [1.807, 2.05) is 19.1 Å². The molecule has 1 aliphatic rings. The van der Waals surface area contributed by atoms with E-state index >= 15 is 0 Å². The molecule has 4 nitrogen and oxygen atoms in total. The smallest absolute Gasteiger partial charge is 0.227 e. The lowest BCUT2D eigenvalue weighted by Crippen LogP contribution is -2.29. The van der Waals surface area contributed by atoms with Gasteiger partial charge in [-0.05, 0) is 79.5 Å². The SMILES string of the molecule is CC(C(=O)Nc1ccc(C#N)cc1)C1CCC(c2ccnc3c(F)cccc23)CC1. The van der Waals surface area contributed by atoms with Crippen LogP contribution >= 0.6 is 0 Å². The molecule has 1 heterocycles. The normalized spacial score (nSPS) is 19.8. The highest BCUT2D eigenvalue weighted by Gasteiger charge is 2.30. The van der Waals surface area contributed by atoms with Crippen molar-refractivity contribution in [2.24, 2.45) is 11.8 Å². The van der Waals surface area contributed by atoms with Gasteiger partial charge in [-0.1, -0.05) is 19.1 Å². The van der Waals surface area contributed by atoms with Crippen LogP contribution in [0.15, 0.2) is 54.7 Å². The summed E-state index contributed by atoms with van der Waals surface area (Å²) in [5.74, 6) is 0.329. The van der Waals surface area contributed by atoms with Crippen LogP contribution < -0.4 is 5.32 Å². The molecule has 1 N–H and O–H groups in total. The van der Waals surface area contributed by atoms with Crippen LogP contribution in [-0.4, -0.2) is 10.9 Å². The topological polar surface area (TPSA) is 65.8 Å². The molecule has 5 heteroatoms. The van der Waals surface area contributed by atoms with E-state index in [1.54, 1.807) is 36.5 Å². The summed E-state index contributed by atoms with van der Waals surface area (Å²) < 4.78 is 14.1. The van der Waals surface area contributed by atoms with Crippen molar-refractivity contribution in [2.45, 2.75) is 38.5 Å². The molecule has 0 aliphatic heterocycles. The number of fused-ring (bicyclic) bond motifs is 1. The molecule has 1 atom stereocenters. The van der Waals surface area contributed by atoms with Gasteiger partial charge in [0.15, 0.2) is 0 Å². The van der Waals surface area contributed by atoms with Gasteiger partial charge < -0.3 is 5.32 Å². The number of benzene rings is 2. The largest absolute Gasteiger partial charge is 0.326 e. The number of carbonyl (C=O) groups is 1. The summed E-state index contributed by atoms with van der Waals surface area (Å²) in [6.07, 6.45) is 5.58. The molecule has 2 aromatic carbocycles. The fraction of sp³-hybridized carbons (Fsp3) is 0.320. The highest BCUT2D eigenvalue weighted by Crippen LogP contribution is 2.41. The molecule has 0 bridgehead atoms. The van der Waals surface area contributed by atoms with Gasteiger partial charge in [0, 0.05) is 23.2 Å². The Labute approximate surface area is 175 Å². The van der Waals surface area contributed by atoms with Gasteiger partial charge in [0.1, 0.15) is 11.3 Å². The van der Waals surface area contributed by atoms with E-state index in [0.29, 0.717) is 28.6 Å². The zero-order valence-electron chi connectivity index (χ0n) is 16.9. The first-order valence-electron chi connectivity index (χ1n) is 10.4. The van der Waals surface area contributed by atoms with Gasteiger partial charge in [0.2, 0.25) is 5.91 Å². The van der Waals surface area contributed by atoms with Crippen molar-refractivity contribution < 1.29 is 9.18 Å². The van der Waals surface area contributed by atoms with E-state index in [4.69, 9.17) is 5.26 Å². The minimum atomic E-state index is -0.281. The Hall–Kier alpha value is -3.26. The van der Waals surface area contributed by atoms with Gasteiger partial charge >= 0.3 is 0 Å². The third-order valence-electron chi connectivity index (χ3n) is 6.37. The molecule has 1 unspecified atom stereocenters. The van der Waals surface area contributed by atoms with Crippen molar-refractivity contribution >= 4 is 22.5 Å². The Kier molecular flexibility index (Phi) is 5.76. The molecule has 3 aromatic rings. The molecule has 1 aliphatic carbocycles. The molecular weight excluding hydrogens is 377 g/mol. The van der Waals surface area contributed by atoms with Crippen molar-refractivity contribution in [3.05, 3.63) is 71.7 Å². The zero-order chi connectivity index (χ0) is 21.1. The minimum Gasteiger partial charge on any atom is -0.326 e. The fourth-order valence-electron chi connectivity index (χ4n) is 4.55. The van der Waals surface area contributed by atoms with Crippen LogP contribution in [0.25, 0.3) is 10.9 Å². The van der Waals surface area contributed by atoms with Crippen LogP contribution in [0.5, 0.6) is 0 Å². The van der Waals surface area contributed by atoms with Crippen LogP contribution in [0, 0.1) is 29.0 Å². The second-order valence-electron chi connectivity index (χ2n) is 8.11. The number of aromatic nitrogens is 1. The van der Waals surface area contributed by atoms with E-state index in [9.17, 15) is 9.18 Å². The lowest BCUT2D eigenvalue weighted by atomic mass is 9.73. The van der Waals surface area contributed by atoms with E-state index in [0.717, 1.165) is 36.6 Å². The Morgan fingerprint density at radius 1 is 1.13 bits per heavy atom. The summed E-state index contributed by atoms with van der Waals surface area (Å²) in [5, 5.41) is 12.7. The van der Waals surface area contributed by atoms with E-state index in [1.165, 1.54) is 6.07 Å². The summed E-state index contributed by atoms with van der Waals surface area (Å²) in [5.41, 5.74) is 2.88. The van der Waals surface area contributed by atoms with Gasteiger partial charge in [-0.3, -0.25) is 9.78 Å². The maximum atomic E-state index is 14.1. The maximum Gasteiger partial charge on any atom is 0.227 e. The zero-order valence-corrected chi connectivity index (χ0v) is 16.9. The van der Waals surface area contributed by atoms with Crippen molar-refractivity contribution in [1.29, 1.82) is 5.26 Å². The van der Waals surface area contributed by atoms with Crippen LogP contribution in [0.3, 0.4) is 0 Å². The number of amides is 1. The summed E-state index contributed by atoms with van der Waals surface area (Å²) >= 11 is 0. The number of hydrogen-bond acceptors (Lipinski definition) is 3. The number of anilines is 1. The number of nitriles is 1. The van der Waals surface area contributed by atoms with Crippen LogP contribution in [0.1, 0.15) is 49.7 Å². The second kappa shape index (κ2) is 8.62. The minimum absolute atomic E-state index is 0.0135. The molecular formula is C25H24FN3O. The number of nitrogens with zero attached hydrogens (tertiary/aromatic N) is 2. The first kappa shape index (κ1) is 20.0. The van der Waals surface area contributed by atoms with Crippen molar-refractivity contribution in [1.82, 2.24) is 4.98 Å². The molecule has 1 amide bonds. The molecule has 1 aromatic heterocycles. The first-order chi connectivity index (χ1) is 14.6. The molecule has 1 fully saturated rings. The molecule has 0 radical (unpaired) electrons. The predicted molar refractivity (Wildman–Crippen MR) is 115 cm³/mol. The summed E-state index contributed by atoms with van der Waals surface area (Å²) in [7, 11) is 0. The first-order valence-corrected chi connectivity index (χ1v) is 10.4. The highest BCUT2D eigenvalue weighted by molar-refractivity contribution is 5.92. The van der Waals surface area contributed by atoms with Crippen molar-refractivity contribution in [3.63, 3.8) is 0 Å². The quantitative estimate of drug-likeness (QED) is 0.601. The van der Waals surface area contributed by atoms with E-state index < -0.39 is 0 Å². The number of rotatable bonds is 4. The van der Waals surface area contributed by atoms with Gasteiger partial charge in [0.25, 0.3) is 0 Å². The Morgan fingerprint density at radius 3 is 2.57 bits per heavy atom. The monoisotopic (exact) mass is 401 g/mol. The summed E-state index contributed by atoms with van der Waals surface area (Å²) in [6, 6.07) is 16.1. The Morgan fingerprint density at radius 2 is 1.87 bits per heavy atom. The standard InChI is InChI=1S/C25H24FN3O/c1-16(25(30)29-20-11-5-17(15-27)6-12-20)18-7-9-19(10-8-18)21-13-14-28-24-22(21)3-2-4-23(24)26/h2-6,11-14,16,18-19H,7-10H2,1H3,(H,29,30). The van der Waals surface area contributed by atoms with Gasteiger partial charge in [-0.2, -0.15) is 5.26 Å². The summed E-state index contributed by atoms with van der Waals surface area (Å²) in [6.45, 7) is 1.99. The van der Waals surface area contributed by atoms with Crippen molar-refractivity contribution in [3.8, 4) is 6.07 Å². The lowest BCUT2D eigenvalue weighted by molar-refractivity contribution is -0.121. The average molecular weight is 401 g/mol. The summed E-state index contributed by atoms with van der Waals surface area (Å²) in [4.78, 5) is 16.9. The molecule has 152 valence electrons. The van der Waals surface area contributed by atoms with Gasteiger partial charge in [-0.15, -0.1) is 0 Å². The van der Waals surface area contributed by atoms with Crippen LogP contribution in [0.2, 0.25) is 0 Å². The number of hydrogen-bond donors (Lipinski definition) is 1. The Bertz CT molecular complexity index is 1100. The molecule has 0 spiro atoms. The van der Waals surface area contributed by atoms with E-state index in [-0.39, 0.29) is 17.6 Å². The molecule has 0 saturated heterocycles. The maximum absolute atomic E-state index is 14.1. The van der Waals surface area contributed by atoms with E-state index in [2.05, 4.69) is 16.4 Å². The second-order valence-corrected chi connectivity index (χ2v) is 8.11. The lowest BCUT2D eigenvalue weighted by Gasteiger charge is -2.32. The van der Waals surface area contributed by atoms with Gasteiger partial charge in [-0.25, -0.2) is 4.39 Å². The number of halogens is 1. The number of para-hydroxylation sites is 1. The fourth-order valence-corrected chi connectivity index (χ4v) is 4.55. The molecule has 1 saturated carbocycles. The number of nitrogens with one attached hydrogen (secondary N) is 1. The molecule has 30 heavy (non-hydrogen) atoms.